The molecule has 1 aliphatic rings. The summed E-state index contributed by atoms with van der Waals surface area (Å²) in [4.78, 5) is 5.15. The highest BCUT2D eigenvalue weighted by Crippen LogP contribution is 2.27. The Morgan fingerprint density at radius 3 is 2.33 bits per heavy atom. The summed E-state index contributed by atoms with van der Waals surface area (Å²) in [5, 5.41) is 8.22. The van der Waals surface area contributed by atoms with Gasteiger partial charge in [-0.3, -0.25) is 15.2 Å². The fraction of sp³-hybridized carbons (Fsp3) is 0.381. The van der Waals surface area contributed by atoms with Crippen LogP contribution in [0.2, 0.25) is 0 Å². The van der Waals surface area contributed by atoms with E-state index in [-0.39, 0.29) is 5.75 Å². The van der Waals surface area contributed by atoms with Crippen molar-refractivity contribution in [1.82, 2.24) is 14.4 Å². The fourth-order valence-electron chi connectivity index (χ4n) is 3.74. The molecule has 2 aromatic carbocycles. The van der Waals surface area contributed by atoms with Crippen LogP contribution in [0.3, 0.4) is 0 Å². The van der Waals surface area contributed by atoms with Crippen LogP contribution in [0.15, 0.2) is 48.5 Å². The van der Waals surface area contributed by atoms with Crippen LogP contribution >= 0.6 is 11.3 Å². The molecule has 1 aliphatic heterocycles. The molecule has 0 atom stereocenters. The maximum Gasteiger partial charge on any atom is 0.573 e. The summed E-state index contributed by atoms with van der Waals surface area (Å²) < 4.78 is 43.8. The fourth-order valence-corrected chi connectivity index (χ4v) is 4.71. The number of aromatic nitrogens is 1. The molecule has 1 fully saturated rings. The van der Waals surface area contributed by atoms with Gasteiger partial charge in [0, 0.05) is 45.8 Å². The number of piperazine rings is 1. The number of ether oxygens (including phenoxy) is 1. The van der Waals surface area contributed by atoms with Gasteiger partial charge in [-0.05, 0) is 23.8 Å². The molecule has 4 rings (SSSR count). The number of benzene rings is 2. The van der Waals surface area contributed by atoms with E-state index < -0.39 is 6.36 Å². The molecule has 1 saturated heterocycles. The van der Waals surface area contributed by atoms with Crippen molar-refractivity contribution in [3.05, 3.63) is 58.9 Å². The second-order valence-electron chi connectivity index (χ2n) is 7.34. The quantitative estimate of drug-likeness (QED) is 0.638. The SMILES string of the molecule is N=c1sc2cc(OC(F)(F)F)ccc2n1CCN1CCN(Cc2ccccc2)CC1. The first-order chi connectivity index (χ1) is 14.4. The number of thiazole rings is 1. The maximum absolute atomic E-state index is 12.4. The zero-order valence-corrected chi connectivity index (χ0v) is 17.2. The smallest absolute Gasteiger partial charge is 0.406 e. The molecule has 5 nitrogen and oxygen atoms in total. The van der Waals surface area contributed by atoms with Gasteiger partial charge in [-0.2, -0.15) is 0 Å². The first-order valence-corrected chi connectivity index (χ1v) is 10.6. The summed E-state index contributed by atoms with van der Waals surface area (Å²) in [5.41, 5.74) is 2.08. The number of rotatable bonds is 6. The topological polar surface area (TPSA) is 44.5 Å². The summed E-state index contributed by atoms with van der Waals surface area (Å²) in [6.07, 6.45) is -4.71. The van der Waals surface area contributed by atoms with Crippen molar-refractivity contribution in [3.8, 4) is 5.75 Å². The third-order valence-corrected chi connectivity index (χ3v) is 6.22. The molecule has 0 radical (unpaired) electrons. The van der Waals surface area contributed by atoms with Gasteiger partial charge in [0.1, 0.15) is 5.75 Å². The second kappa shape index (κ2) is 8.79. The van der Waals surface area contributed by atoms with Crippen molar-refractivity contribution in [2.45, 2.75) is 19.5 Å². The minimum atomic E-state index is -4.71. The van der Waals surface area contributed by atoms with Gasteiger partial charge in [0.25, 0.3) is 0 Å². The van der Waals surface area contributed by atoms with Gasteiger partial charge in [0.05, 0.1) is 10.2 Å². The monoisotopic (exact) mass is 436 g/mol. The van der Waals surface area contributed by atoms with Crippen LogP contribution in [0, 0.1) is 5.41 Å². The number of nitrogens with zero attached hydrogens (tertiary/aromatic N) is 3. The van der Waals surface area contributed by atoms with E-state index in [0.717, 1.165) is 56.1 Å². The average molecular weight is 437 g/mol. The molecule has 0 aliphatic carbocycles. The highest BCUT2D eigenvalue weighted by atomic mass is 32.1. The van der Waals surface area contributed by atoms with Crippen molar-refractivity contribution < 1.29 is 17.9 Å². The predicted octanol–water partition coefficient (Wildman–Crippen LogP) is 3.90. The van der Waals surface area contributed by atoms with E-state index in [2.05, 4.69) is 38.8 Å². The zero-order chi connectivity index (χ0) is 21.1. The summed E-state index contributed by atoms with van der Waals surface area (Å²) >= 11 is 1.16. The molecule has 0 saturated carbocycles. The largest absolute Gasteiger partial charge is 0.573 e. The summed E-state index contributed by atoms with van der Waals surface area (Å²) in [7, 11) is 0. The lowest BCUT2D eigenvalue weighted by Gasteiger charge is -2.34. The molecule has 1 aromatic heterocycles. The minimum absolute atomic E-state index is 0.252. The van der Waals surface area contributed by atoms with E-state index >= 15 is 0 Å². The van der Waals surface area contributed by atoms with E-state index in [1.165, 1.54) is 17.7 Å². The molecule has 9 heteroatoms. The van der Waals surface area contributed by atoms with Crippen LogP contribution in [0.25, 0.3) is 10.2 Å². The predicted molar refractivity (Wildman–Crippen MR) is 111 cm³/mol. The molecule has 0 unspecified atom stereocenters. The number of alkyl halides is 3. The molecule has 0 bridgehead atoms. The minimum Gasteiger partial charge on any atom is -0.406 e. The van der Waals surface area contributed by atoms with Gasteiger partial charge in [-0.15, -0.1) is 13.2 Å². The number of hydrogen-bond acceptors (Lipinski definition) is 5. The van der Waals surface area contributed by atoms with Crippen molar-refractivity contribution in [3.63, 3.8) is 0 Å². The van der Waals surface area contributed by atoms with Gasteiger partial charge in [-0.25, -0.2) is 0 Å². The standard InChI is InChI=1S/C21H23F3N4OS/c22-21(23,24)29-17-6-7-18-19(14-17)30-20(25)28(18)13-12-26-8-10-27(11-9-26)15-16-4-2-1-3-5-16/h1-7,14,25H,8-13,15H2. The van der Waals surface area contributed by atoms with Gasteiger partial charge in [0.15, 0.2) is 4.80 Å². The van der Waals surface area contributed by atoms with Gasteiger partial charge < -0.3 is 9.30 Å². The highest BCUT2D eigenvalue weighted by molar-refractivity contribution is 7.16. The molecular formula is C21H23F3N4OS. The van der Waals surface area contributed by atoms with Crippen LogP contribution in [0.1, 0.15) is 5.56 Å². The third-order valence-electron chi connectivity index (χ3n) is 5.26. The summed E-state index contributed by atoms with van der Waals surface area (Å²) in [6, 6.07) is 14.7. The zero-order valence-electron chi connectivity index (χ0n) is 16.4. The van der Waals surface area contributed by atoms with Crippen LogP contribution in [-0.4, -0.2) is 53.5 Å². The van der Waals surface area contributed by atoms with Gasteiger partial charge in [-0.1, -0.05) is 41.7 Å². The lowest BCUT2D eigenvalue weighted by molar-refractivity contribution is -0.274. The Bertz CT molecular complexity index is 1040. The number of nitrogens with one attached hydrogen (secondary N) is 1. The number of hydrogen-bond donors (Lipinski definition) is 1. The van der Waals surface area contributed by atoms with Crippen LogP contribution in [0.4, 0.5) is 13.2 Å². The third kappa shape index (κ3) is 5.21. The Balaban J connectivity index is 1.34. The number of fused-ring (bicyclic) bond motifs is 1. The lowest BCUT2D eigenvalue weighted by atomic mass is 10.2. The second-order valence-corrected chi connectivity index (χ2v) is 8.37. The Morgan fingerprint density at radius 1 is 0.933 bits per heavy atom. The van der Waals surface area contributed by atoms with E-state index in [1.807, 2.05) is 10.6 Å². The van der Waals surface area contributed by atoms with Crippen molar-refractivity contribution in [2.24, 2.45) is 0 Å². The summed E-state index contributed by atoms with van der Waals surface area (Å²) in [6.45, 7) is 6.32. The molecule has 160 valence electrons. The first kappa shape index (κ1) is 20.9. The van der Waals surface area contributed by atoms with E-state index in [9.17, 15) is 13.2 Å². The molecule has 3 aromatic rings. The average Bonchev–Trinajstić information content (AvgIpc) is 3.01. The van der Waals surface area contributed by atoms with E-state index in [0.29, 0.717) is 16.0 Å². The normalized spacial score (nSPS) is 16.2. The Hall–Kier alpha value is -2.36. The Labute approximate surface area is 176 Å². The highest BCUT2D eigenvalue weighted by Gasteiger charge is 2.31. The molecule has 0 amide bonds. The van der Waals surface area contributed by atoms with Crippen LogP contribution in [-0.2, 0) is 13.1 Å². The van der Waals surface area contributed by atoms with Crippen molar-refractivity contribution in [2.75, 3.05) is 32.7 Å². The Kier molecular flexibility index (Phi) is 6.12. The lowest BCUT2D eigenvalue weighted by Crippen LogP contribution is -2.46. The van der Waals surface area contributed by atoms with Gasteiger partial charge >= 0.3 is 6.36 Å². The first-order valence-electron chi connectivity index (χ1n) is 9.80. The number of halogens is 3. The summed E-state index contributed by atoms with van der Waals surface area (Å²) in [5.74, 6) is -0.252. The van der Waals surface area contributed by atoms with Crippen molar-refractivity contribution >= 4 is 21.6 Å². The molecule has 30 heavy (non-hydrogen) atoms. The van der Waals surface area contributed by atoms with Gasteiger partial charge in [0.2, 0.25) is 0 Å². The maximum atomic E-state index is 12.4. The Morgan fingerprint density at radius 2 is 1.63 bits per heavy atom. The van der Waals surface area contributed by atoms with Crippen LogP contribution < -0.4 is 9.54 Å². The van der Waals surface area contributed by atoms with E-state index in [1.54, 1.807) is 6.07 Å². The molecule has 2 heterocycles. The van der Waals surface area contributed by atoms with Crippen LogP contribution in [0.5, 0.6) is 5.75 Å². The molecule has 1 N–H and O–H groups in total. The molecular weight excluding hydrogens is 413 g/mol. The van der Waals surface area contributed by atoms with E-state index in [4.69, 9.17) is 5.41 Å². The molecule has 0 spiro atoms. The van der Waals surface area contributed by atoms with Crippen molar-refractivity contribution in [1.29, 1.82) is 5.41 Å².